The van der Waals surface area contributed by atoms with Crippen molar-refractivity contribution in [3.05, 3.63) is 21.9 Å². The molecule has 0 spiro atoms. The van der Waals surface area contributed by atoms with Gasteiger partial charge in [-0.1, -0.05) is 0 Å². The molecule has 0 aliphatic heterocycles. The second-order valence-electron chi connectivity index (χ2n) is 5.43. The number of carboxylic acid groups (broad SMARTS) is 1. The molecule has 1 amide bonds. The molecule has 2 rings (SSSR count). The maximum absolute atomic E-state index is 12.4. The predicted octanol–water partition coefficient (Wildman–Crippen LogP) is 1.48. The molecule has 1 fully saturated rings. The van der Waals surface area contributed by atoms with Crippen LogP contribution in [-0.4, -0.2) is 54.4 Å². The topological polar surface area (TPSA) is 91.8 Å². The quantitative estimate of drug-likeness (QED) is 0.882. The maximum Gasteiger partial charge on any atom is 0.345 e. The zero-order valence-electron chi connectivity index (χ0n) is 12.0. The van der Waals surface area contributed by atoms with Crippen molar-refractivity contribution in [1.29, 1.82) is 0 Å². The van der Waals surface area contributed by atoms with E-state index in [2.05, 4.69) is 0 Å². The van der Waals surface area contributed by atoms with Crippen LogP contribution in [0.2, 0.25) is 0 Å². The number of hydrogen-bond acceptors (Lipinski definition) is 5. The fourth-order valence-corrected chi connectivity index (χ4v) is 4.85. The number of amides is 1. The van der Waals surface area contributed by atoms with E-state index in [-0.39, 0.29) is 16.3 Å². The van der Waals surface area contributed by atoms with Gasteiger partial charge in [0.25, 0.3) is 5.91 Å². The average Bonchev–Trinajstić information content (AvgIpc) is 3.07. The molecule has 8 heteroatoms. The van der Waals surface area contributed by atoms with Gasteiger partial charge in [-0.15, -0.1) is 11.3 Å². The van der Waals surface area contributed by atoms with Gasteiger partial charge >= 0.3 is 5.97 Å². The highest BCUT2D eigenvalue weighted by molar-refractivity contribution is 7.92. The molecule has 0 bridgehead atoms. The summed E-state index contributed by atoms with van der Waals surface area (Å²) in [6.45, 7) is 1.72. The number of thiophene rings is 1. The highest BCUT2D eigenvalue weighted by Gasteiger charge is 2.57. The van der Waals surface area contributed by atoms with Gasteiger partial charge in [-0.3, -0.25) is 4.79 Å². The Morgan fingerprint density at radius 2 is 2.00 bits per heavy atom. The first kappa shape index (κ1) is 16.0. The van der Waals surface area contributed by atoms with Crippen LogP contribution in [0.5, 0.6) is 0 Å². The average molecular weight is 331 g/mol. The lowest BCUT2D eigenvalue weighted by molar-refractivity contribution is 0.0702. The Bertz CT molecular complexity index is 687. The van der Waals surface area contributed by atoms with E-state index < -0.39 is 26.6 Å². The van der Waals surface area contributed by atoms with E-state index in [1.54, 1.807) is 14.0 Å². The first-order chi connectivity index (χ1) is 9.60. The van der Waals surface area contributed by atoms with E-state index in [0.717, 1.165) is 11.3 Å². The second-order valence-corrected chi connectivity index (χ2v) is 8.70. The summed E-state index contributed by atoms with van der Waals surface area (Å²) >= 11 is 0.978. The van der Waals surface area contributed by atoms with Crippen molar-refractivity contribution in [2.45, 2.75) is 30.6 Å². The SMILES string of the molecule is CC(N(C)C(=O)c1csc(C(=O)O)c1)C1(S(C)(=O)=O)CC1. The molecule has 0 saturated heterocycles. The summed E-state index contributed by atoms with van der Waals surface area (Å²) in [5.41, 5.74) is 0.274. The van der Waals surface area contributed by atoms with Gasteiger partial charge in [0.05, 0.1) is 10.3 Å². The van der Waals surface area contributed by atoms with Gasteiger partial charge in [0.1, 0.15) is 4.88 Å². The molecule has 0 radical (unpaired) electrons. The normalized spacial score (nSPS) is 18.0. The lowest BCUT2D eigenvalue weighted by Gasteiger charge is -2.31. The number of carboxylic acids is 1. The molecule has 1 aliphatic rings. The lowest BCUT2D eigenvalue weighted by atomic mass is 10.1. The van der Waals surface area contributed by atoms with Gasteiger partial charge in [0, 0.05) is 24.7 Å². The van der Waals surface area contributed by atoms with Crippen LogP contribution in [0.4, 0.5) is 0 Å². The maximum atomic E-state index is 12.4. The van der Waals surface area contributed by atoms with Crippen LogP contribution in [0, 0.1) is 0 Å². The molecular formula is C13H17NO5S2. The number of nitrogens with zero attached hydrogens (tertiary/aromatic N) is 1. The van der Waals surface area contributed by atoms with Crippen molar-refractivity contribution >= 4 is 33.1 Å². The molecular weight excluding hydrogens is 314 g/mol. The van der Waals surface area contributed by atoms with E-state index in [1.807, 2.05) is 0 Å². The third kappa shape index (κ3) is 2.69. The number of aromatic carboxylic acids is 1. The van der Waals surface area contributed by atoms with Crippen molar-refractivity contribution in [1.82, 2.24) is 4.90 Å². The summed E-state index contributed by atoms with van der Waals surface area (Å²) in [5, 5.41) is 10.4. The monoisotopic (exact) mass is 331 g/mol. The van der Waals surface area contributed by atoms with Gasteiger partial charge in [0.2, 0.25) is 0 Å². The molecule has 1 atom stereocenters. The van der Waals surface area contributed by atoms with Crippen LogP contribution in [0.15, 0.2) is 11.4 Å². The van der Waals surface area contributed by atoms with Crippen LogP contribution in [0.3, 0.4) is 0 Å². The summed E-state index contributed by atoms with van der Waals surface area (Å²) in [5.74, 6) is -1.44. The zero-order chi connectivity index (χ0) is 16.0. The van der Waals surface area contributed by atoms with E-state index in [0.29, 0.717) is 12.8 Å². The minimum absolute atomic E-state index is 0.0867. The van der Waals surface area contributed by atoms with Crippen molar-refractivity contribution in [2.24, 2.45) is 0 Å². The fraction of sp³-hybridized carbons (Fsp3) is 0.538. The Labute approximate surface area is 127 Å². The molecule has 0 aromatic carbocycles. The Morgan fingerprint density at radius 1 is 1.43 bits per heavy atom. The second kappa shape index (κ2) is 5.10. The number of hydrogen-bond donors (Lipinski definition) is 1. The fourth-order valence-electron chi connectivity index (χ4n) is 2.51. The molecule has 116 valence electrons. The molecule has 21 heavy (non-hydrogen) atoms. The Morgan fingerprint density at radius 3 is 2.38 bits per heavy atom. The molecule has 1 aromatic rings. The molecule has 1 N–H and O–H groups in total. The van der Waals surface area contributed by atoms with Gasteiger partial charge in [0.15, 0.2) is 9.84 Å². The van der Waals surface area contributed by atoms with Crippen LogP contribution >= 0.6 is 11.3 Å². The van der Waals surface area contributed by atoms with E-state index in [4.69, 9.17) is 5.11 Å². The first-order valence-corrected chi connectivity index (χ1v) is 9.16. The van der Waals surface area contributed by atoms with E-state index in [1.165, 1.54) is 22.6 Å². The van der Waals surface area contributed by atoms with Crippen LogP contribution < -0.4 is 0 Å². The first-order valence-electron chi connectivity index (χ1n) is 6.39. The summed E-state index contributed by atoms with van der Waals surface area (Å²) in [6, 6.07) is 0.867. The summed E-state index contributed by atoms with van der Waals surface area (Å²) in [6.07, 6.45) is 2.30. The van der Waals surface area contributed by atoms with Crippen LogP contribution in [0.25, 0.3) is 0 Å². The number of sulfone groups is 1. The molecule has 1 heterocycles. The number of rotatable bonds is 5. The highest BCUT2D eigenvalue weighted by atomic mass is 32.2. The van der Waals surface area contributed by atoms with E-state index >= 15 is 0 Å². The smallest absolute Gasteiger partial charge is 0.345 e. The number of carbonyl (C=O) groups excluding carboxylic acids is 1. The third-order valence-electron chi connectivity index (χ3n) is 4.20. The highest BCUT2D eigenvalue weighted by Crippen LogP contribution is 2.47. The lowest BCUT2D eigenvalue weighted by Crippen LogP contribution is -2.47. The largest absolute Gasteiger partial charge is 0.477 e. The minimum Gasteiger partial charge on any atom is -0.477 e. The summed E-state index contributed by atoms with van der Waals surface area (Å²) in [7, 11) is -1.69. The van der Waals surface area contributed by atoms with Crippen LogP contribution in [-0.2, 0) is 9.84 Å². The van der Waals surface area contributed by atoms with E-state index in [9.17, 15) is 18.0 Å². The standard InChI is InChI=1S/C13H17NO5S2/c1-8(13(4-5-13)21(3,18)19)14(2)11(15)9-6-10(12(16)17)20-7-9/h6-8H,4-5H2,1-3H3,(H,16,17). The molecule has 1 aliphatic carbocycles. The number of carbonyl (C=O) groups is 2. The van der Waals surface area contributed by atoms with Crippen molar-refractivity contribution < 1.29 is 23.1 Å². The molecule has 6 nitrogen and oxygen atoms in total. The van der Waals surface area contributed by atoms with Crippen molar-refractivity contribution in [3.63, 3.8) is 0 Å². The summed E-state index contributed by atoms with van der Waals surface area (Å²) < 4.78 is 22.9. The molecule has 1 saturated carbocycles. The van der Waals surface area contributed by atoms with Crippen LogP contribution in [0.1, 0.15) is 39.8 Å². The third-order valence-corrected chi connectivity index (χ3v) is 7.35. The minimum atomic E-state index is -3.24. The zero-order valence-corrected chi connectivity index (χ0v) is 13.6. The Balaban J connectivity index is 2.21. The van der Waals surface area contributed by atoms with Gasteiger partial charge < -0.3 is 10.0 Å². The van der Waals surface area contributed by atoms with Gasteiger partial charge in [-0.25, -0.2) is 13.2 Å². The van der Waals surface area contributed by atoms with Gasteiger partial charge in [-0.05, 0) is 25.8 Å². The molecule has 1 aromatic heterocycles. The van der Waals surface area contributed by atoms with Crippen molar-refractivity contribution in [2.75, 3.05) is 13.3 Å². The molecule has 1 unspecified atom stereocenters. The Kier molecular flexibility index (Phi) is 3.88. The van der Waals surface area contributed by atoms with Gasteiger partial charge in [-0.2, -0.15) is 0 Å². The van der Waals surface area contributed by atoms with Crippen molar-refractivity contribution in [3.8, 4) is 0 Å². The summed E-state index contributed by atoms with van der Waals surface area (Å²) in [4.78, 5) is 24.7. The Hall–Kier alpha value is -1.41. The predicted molar refractivity (Wildman–Crippen MR) is 79.6 cm³/mol.